The maximum absolute atomic E-state index is 12.3. The number of anilines is 1. The van der Waals surface area contributed by atoms with E-state index in [1.54, 1.807) is 19.1 Å². The van der Waals surface area contributed by atoms with Crippen LogP contribution in [0.15, 0.2) is 23.1 Å². The van der Waals surface area contributed by atoms with E-state index in [1.165, 1.54) is 30.9 Å². The molecule has 1 atom stereocenters. The molecule has 0 aromatic heterocycles. The standard InChI is InChI=1S/C17H27N3O3S/c1-13-6-5-9-20(11-13)12-17(21)18-15-8-7-14(2)16(10-15)24(22,23)19(3)4/h7-8,10,13H,5-6,9,11-12H2,1-4H3,(H,18,21). The second-order valence-electron chi connectivity index (χ2n) is 6.80. The first kappa shape index (κ1) is 18.9. The minimum atomic E-state index is -3.53. The van der Waals surface area contributed by atoms with Gasteiger partial charge in [0.2, 0.25) is 15.9 Å². The third-order valence-corrected chi connectivity index (χ3v) is 6.30. The summed E-state index contributed by atoms with van der Waals surface area (Å²) in [5.41, 5.74) is 1.17. The minimum absolute atomic E-state index is 0.110. The molecular formula is C17H27N3O3S. The molecule has 0 bridgehead atoms. The Balaban J connectivity index is 2.09. The zero-order valence-corrected chi connectivity index (χ0v) is 15.7. The molecule has 0 saturated carbocycles. The molecule has 0 spiro atoms. The van der Waals surface area contributed by atoms with Gasteiger partial charge < -0.3 is 5.32 Å². The molecule has 1 aliphatic heterocycles. The zero-order valence-electron chi connectivity index (χ0n) is 14.9. The number of carbonyl (C=O) groups excluding carboxylic acids is 1. The fourth-order valence-corrected chi connectivity index (χ4v) is 4.13. The molecule has 1 amide bonds. The van der Waals surface area contributed by atoms with Crippen LogP contribution in [0.2, 0.25) is 0 Å². The third kappa shape index (κ3) is 4.55. The summed E-state index contributed by atoms with van der Waals surface area (Å²) >= 11 is 0. The molecule has 1 aromatic rings. The molecule has 1 heterocycles. The summed E-state index contributed by atoms with van der Waals surface area (Å²) in [6, 6.07) is 4.98. The van der Waals surface area contributed by atoms with E-state index in [1.807, 2.05) is 0 Å². The van der Waals surface area contributed by atoms with Crippen LogP contribution in [0, 0.1) is 12.8 Å². The molecule has 134 valence electrons. The Bertz CT molecular complexity index is 701. The van der Waals surface area contributed by atoms with Crippen molar-refractivity contribution in [3.63, 3.8) is 0 Å². The van der Waals surface area contributed by atoms with Crippen LogP contribution in [0.25, 0.3) is 0 Å². The minimum Gasteiger partial charge on any atom is -0.325 e. The second kappa shape index (κ2) is 7.63. The highest BCUT2D eigenvalue weighted by molar-refractivity contribution is 7.89. The van der Waals surface area contributed by atoms with Gasteiger partial charge in [0.1, 0.15) is 0 Å². The lowest BCUT2D eigenvalue weighted by atomic mass is 10.0. The molecule has 2 rings (SSSR count). The number of sulfonamides is 1. The van der Waals surface area contributed by atoms with Crippen LogP contribution < -0.4 is 5.32 Å². The van der Waals surface area contributed by atoms with Crippen LogP contribution in [-0.2, 0) is 14.8 Å². The Morgan fingerprint density at radius 3 is 2.71 bits per heavy atom. The third-order valence-electron chi connectivity index (χ3n) is 4.34. The van der Waals surface area contributed by atoms with Crippen molar-refractivity contribution in [3.05, 3.63) is 23.8 Å². The summed E-state index contributed by atoms with van der Waals surface area (Å²) in [5.74, 6) is 0.504. The first-order valence-corrected chi connectivity index (χ1v) is 9.69. The maximum atomic E-state index is 12.3. The number of likely N-dealkylation sites (tertiary alicyclic amines) is 1. The molecule has 24 heavy (non-hydrogen) atoms. The molecule has 1 fully saturated rings. The van der Waals surface area contributed by atoms with Gasteiger partial charge in [-0.1, -0.05) is 13.0 Å². The largest absolute Gasteiger partial charge is 0.325 e. The number of nitrogens with zero attached hydrogens (tertiary/aromatic N) is 2. The van der Waals surface area contributed by atoms with Crippen molar-refractivity contribution in [2.45, 2.75) is 31.6 Å². The van der Waals surface area contributed by atoms with Crippen LogP contribution in [0.1, 0.15) is 25.3 Å². The number of rotatable bonds is 5. The van der Waals surface area contributed by atoms with Crippen LogP contribution in [0.5, 0.6) is 0 Å². The number of hydrogen-bond donors (Lipinski definition) is 1. The highest BCUT2D eigenvalue weighted by Crippen LogP contribution is 2.22. The lowest BCUT2D eigenvalue weighted by molar-refractivity contribution is -0.117. The van der Waals surface area contributed by atoms with E-state index in [2.05, 4.69) is 17.1 Å². The summed E-state index contributed by atoms with van der Waals surface area (Å²) in [4.78, 5) is 14.6. The van der Waals surface area contributed by atoms with Gasteiger partial charge in [0.15, 0.2) is 0 Å². The number of amides is 1. The molecule has 6 nitrogen and oxygen atoms in total. The van der Waals surface area contributed by atoms with Crippen LogP contribution >= 0.6 is 0 Å². The molecule has 1 unspecified atom stereocenters. The predicted molar refractivity (Wildman–Crippen MR) is 95.5 cm³/mol. The first-order chi connectivity index (χ1) is 11.2. The number of benzene rings is 1. The molecule has 0 aliphatic carbocycles. The Morgan fingerprint density at radius 2 is 2.08 bits per heavy atom. The van der Waals surface area contributed by atoms with Gasteiger partial charge in [-0.2, -0.15) is 0 Å². The summed E-state index contributed by atoms with van der Waals surface area (Å²) in [5, 5.41) is 2.82. The molecule has 0 radical (unpaired) electrons. The fraction of sp³-hybridized carbons (Fsp3) is 0.588. The van der Waals surface area contributed by atoms with Crippen LogP contribution in [0.3, 0.4) is 0 Å². The number of piperidine rings is 1. The molecule has 7 heteroatoms. The van der Waals surface area contributed by atoms with Gasteiger partial charge >= 0.3 is 0 Å². The first-order valence-electron chi connectivity index (χ1n) is 8.25. The maximum Gasteiger partial charge on any atom is 0.242 e. The van der Waals surface area contributed by atoms with E-state index in [9.17, 15) is 13.2 Å². The number of carbonyl (C=O) groups is 1. The van der Waals surface area contributed by atoms with Gasteiger partial charge in [-0.15, -0.1) is 0 Å². The molecule has 1 aliphatic rings. The monoisotopic (exact) mass is 353 g/mol. The Kier molecular flexibility index (Phi) is 6.01. The lowest BCUT2D eigenvalue weighted by Crippen LogP contribution is -2.39. The van der Waals surface area contributed by atoms with Crippen LogP contribution in [0.4, 0.5) is 5.69 Å². The van der Waals surface area contributed by atoms with Crippen molar-refractivity contribution in [2.24, 2.45) is 5.92 Å². The number of nitrogens with one attached hydrogen (secondary N) is 1. The van der Waals surface area contributed by atoms with Gasteiger partial charge in [0, 0.05) is 26.3 Å². The lowest BCUT2D eigenvalue weighted by Gasteiger charge is -2.30. The van der Waals surface area contributed by atoms with E-state index in [4.69, 9.17) is 0 Å². The SMILES string of the molecule is Cc1ccc(NC(=O)CN2CCCC(C)C2)cc1S(=O)(=O)N(C)C. The van der Waals surface area contributed by atoms with Gasteiger partial charge in [-0.05, 0) is 49.9 Å². The van der Waals surface area contributed by atoms with Gasteiger partial charge in [0.05, 0.1) is 11.4 Å². The average Bonchev–Trinajstić information content (AvgIpc) is 2.48. The van der Waals surface area contributed by atoms with E-state index >= 15 is 0 Å². The molecule has 1 N–H and O–H groups in total. The smallest absolute Gasteiger partial charge is 0.242 e. The van der Waals surface area contributed by atoms with Crippen molar-refractivity contribution in [3.8, 4) is 0 Å². The van der Waals surface area contributed by atoms with Gasteiger partial charge in [0.25, 0.3) is 0 Å². The Hall–Kier alpha value is -1.44. The van der Waals surface area contributed by atoms with E-state index in [0.29, 0.717) is 23.7 Å². The van der Waals surface area contributed by atoms with Crippen LogP contribution in [-0.4, -0.2) is 57.3 Å². The quantitative estimate of drug-likeness (QED) is 0.878. The van der Waals surface area contributed by atoms with Crippen molar-refractivity contribution in [2.75, 3.05) is 39.0 Å². The van der Waals surface area contributed by atoms with E-state index in [0.717, 1.165) is 19.5 Å². The average molecular weight is 353 g/mol. The molecular weight excluding hydrogens is 326 g/mol. The highest BCUT2D eigenvalue weighted by atomic mass is 32.2. The second-order valence-corrected chi connectivity index (χ2v) is 8.92. The number of aryl methyl sites for hydroxylation is 1. The van der Waals surface area contributed by atoms with Crippen molar-refractivity contribution in [1.29, 1.82) is 0 Å². The Morgan fingerprint density at radius 1 is 1.38 bits per heavy atom. The zero-order chi connectivity index (χ0) is 17.9. The van der Waals surface area contributed by atoms with Gasteiger partial charge in [-0.3, -0.25) is 9.69 Å². The van der Waals surface area contributed by atoms with Crippen molar-refractivity contribution >= 4 is 21.6 Å². The summed E-state index contributed by atoms with van der Waals surface area (Å²) in [6.07, 6.45) is 2.33. The number of hydrogen-bond acceptors (Lipinski definition) is 4. The topological polar surface area (TPSA) is 69.7 Å². The highest BCUT2D eigenvalue weighted by Gasteiger charge is 2.21. The van der Waals surface area contributed by atoms with Gasteiger partial charge in [-0.25, -0.2) is 12.7 Å². The normalized spacial score (nSPS) is 19.5. The fourth-order valence-electron chi connectivity index (χ4n) is 2.99. The van der Waals surface area contributed by atoms with E-state index < -0.39 is 10.0 Å². The predicted octanol–water partition coefficient (Wildman–Crippen LogP) is 1.92. The summed E-state index contributed by atoms with van der Waals surface area (Å²) in [7, 11) is -0.534. The Labute approximate surface area is 144 Å². The van der Waals surface area contributed by atoms with E-state index in [-0.39, 0.29) is 10.8 Å². The van der Waals surface area contributed by atoms with Crippen molar-refractivity contribution in [1.82, 2.24) is 9.21 Å². The van der Waals surface area contributed by atoms with Crippen molar-refractivity contribution < 1.29 is 13.2 Å². The summed E-state index contributed by atoms with van der Waals surface area (Å²) in [6.45, 7) is 6.15. The summed E-state index contributed by atoms with van der Waals surface area (Å²) < 4.78 is 25.9. The molecule has 1 aromatic carbocycles. The molecule has 1 saturated heterocycles.